The molecule has 0 fully saturated rings. The van der Waals surface area contributed by atoms with Crippen LogP contribution in [0.3, 0.4) is 0 Å². The molecule has 0 aliphatic carbocycles. The molecule has 2 aromatic carbocycles. The van der Waals surface area contributed by atoms with Gasteiger partial charge in [-0.15, -0.1) is 0 Å². The average Bonchev–Trinajstić information content (AvgIpc) is 2.66. The third-order valence-corrected chi connectivity index (χ3v) is 4.09. The molecule has 0 aliphatic heterocycles. The van der Waals surface area contributed by atoms with E-state index >= 15 is 0 Å². The number of ether oxygens (including phenoxy) is 1. The fourth-order valence-electron chi connectivity index (χ4n) is 2.80. The second-order valence-electron chi connectivity index (χ2n) is 5.60. The normalized spacial score (nSPS) is 11.8. The summed E-state index contributed by atoms with van der Waals surface area (Å²) in [6.45, 7) is 5.58. The van der Waals surface area contributed by atoms with Gasteiger partial charge in [0.1, 0.15) is 6.04 Å². The lowest BCUT2D eigenvalue weighted by molar-refractivity contribution is -0.121. The summed E-state index contributed by atoms with van der Waals surface area (Å²) in [6.07, 6.45) is 0. The molecule has 1 N–H and O–H groups in total. The summed E-state index contributed by atoms with van der Waals surface area (Å²) in [5.41, 5.74) is 1.91. The highest BCUT2D eigenvalue weighted by molar-refractivity contribution is 5.97. The van der Waals surface area contributed by atoms with Crippen LogP contribution in [0.1, 0.15) is 35.8 Å². The van der Waals surface area contributed by atoms with Crippen molar-refractivity contribution in [2.24, 2.45) is 0 Å². The lowest BCUT2D eigenvalue weighted by Crippen LogP contribution is -2.37. The number of benzene rings is 2. The van der Waals surface area contributed by atoms with Crippen LogP contribution in [0.25, 0.3) is 0 Å². The Morgan fingerprint density at radius 1 is 1.04 bits per heavy atom. The molecule has 5 heteroatoms. The SMILES string of the molecule is CCN(CC)C(C(=O)Nc1cccc(C(=O)OC)c1)c1ccccc1. The molecule has 132 valence electrons. The third kappa shape index (κ3) is 4.67. The molecular formula is C20H24N2O3. The van der Waals surface area contributed by atoms with E-state index in [4.69, 9.17) is 4.74 Å². The maximum absolute atomic E-state index is 13.0. The molecule has 0 aliphatic rings. The van der Waals surface area contributed by atoms with E-state index in [2.05, 4.69) is 10.2 Å². The van der Waals surface area contributed by atoms with Crippen molar-refractivity contribution in [1.29, 1.82) is 0 Å². The summed E-state index contributed by atoms with van der Waals surface area (Å²) in [7, 11) is 1.33. The molecule has 2 rings (SSSR count). The molecule has 0 spiro atoms. The highest BCUT2D eigenvalue weighted by Gasteiger charge is 2.25. The Labute approximate surface area is 148 Å². The van der Waals surface area contributed by atoms with Gasteiger partial charge in [-0.25, -0.2) is 4.79 Å². The van der Waals surface area contributed by atoms with E-state index in [1.165, 1.54) is 7.11 Å². The minimum Gasteiger partial charge on any atom is -0.465 e. The van der Waals surface area contributed by atoms with Crippen molar-refractivity contribution in [3.05, 3.63) is 65.7 Å². The van der Waals surface area contributed by atoms with Gasteiger partial charge in [0, 0.05) is 5.69 Å². The summed E-state index contributed by atoms with van der Waals surface area (Å²) in [5, 5.41) is 2.92. The Balaban J connectivity index is 2.27. The van der Waals surface area contributed by atoms with Crippen molar-refractivity contribution >= 4 is 17.6 Å². The number of hydrogen-bond donors (Lipinski definition) is 1. The van der Waals surface area contributed by atoms with Crippen LogP contribution in [0, 0.1) is 0 Å². The molecule has 1 amide bonds. The topological polar surface area (TPSA) is 58.6 Å². The van der Waals surface area contributed by atoms with E-state index in [1.807, 2.05) is 44.2 Å². The van der Waals surface area contributed by atoms with Crippen LogP contribution >= 0.6 is 0 Å². The van der Waals surface area contributed by atoms with E-state index < -0.39 is 12.0 Å². The van der Waals surface area contributed by atoms with Gasteiger partial charge in [0.2, 0.25) is 5.91 Å². The number of nitrogens with one attached hydrogen (secondary N) is 1. The number of esters is 1. The highest BCUT2D eigenvalue weighted by atomic mass is 16.5. The van der Waals surface area contributed by atoms with Gasteiger partial charge >= 0.3 is 5.97 Å². The molecule has 1 atom stereocenters. The molecule has 0 bridgehead atoms. The molecule has 0 heterocycles. The second-order valence-corrected chi connectivity index (χ2v) is 5.60. The highest BCUT2D eigenvalue weighted by Crippen LogP contribution is 2.23. The molecule has 2 aromatic rings. The van der Waals surface area contributed by atoms with Gasteiger partial charge in [0.05, 0.1) is 12.7 Å². The summed E-state index contributed by atoms with van der Waals surface area (Å²) < 4.78 is 4.73. The fourth-order valence-corrected chi connectivity index (χ4v) is 2.80. The molecular weight excluding hydrogens is 316 g/mol. The number of rotatable bonds is 7. The number of carbonyl (C=O) groups is 2. The second kappa shape index (κ2) is 8.99. The largest absolute Gasteiger partial charge is 0.465 e. The standard InChI is InChI=1S/C20H24N2O3/c1-4-22(5-2)18(15-10-7-6-8-11-15)19(23)21-17-13-9-12-16(14-17)20(24)25-3/h6-14,18H,4-5H2,1-3H3,(H,21,23). The zero-order valence-electron chi connectivity index (χ0n) is 14.9. The number of nitrogens with zero attached hydrogens (tertiary/aromatic N) is 1. The predicted molar refractivity (Wildman–Crippen MR) is 98.5 cm³/mol. The monoisotopic (exact) mass is 340 g/mol. The van der Waals surface area contributed by atoms with Crippen LogP contribution in [-0.2, 0) is 9.53 Å². The molecule has 0 radical (unpaired) electrons. The van der Waals surface area contributed by atoms with E-state index in [0.717, 1.165) is 18.7 Å². The lowest BCUT2D eigenvalue weighted by atomic mass is 10.0. The zero-order valence-corrected chi connectivity index (χ0v) is 14.9. The van der Waals surface area contributed by atoms with Crippen molar-refractivity contribution < 1.29 is 14.3 Å². The Bertz CT molecular complexity index is 712. The first-order valence-electron chi connectivity index (χ1n) is 8.38. The van der Waals surface area contributed by atoms with Crippen molar-refractivity contribution in [3.8, 4) is 0 Å². The number of hydrogen-bond acceptors (Lipinski definition) is 4. The van der Waals surface area contributed by atoms with E-state index in [0.29, 0.717) is 11.3 Å². The van der Waals surface area contributed by atoms with Crippen LogP contribution in [-0.4, -0.2) is 37.0 Å². The van der Waals surface area contributed by atoms with Gasteiger partial charge < -0.3 is 10.1 Å². The minimum atomic E-state index is -0.431. The third-order valence-electron chi connectivity index (χ3n) is 4.09. The summed E-state index contributed by atoms with van der Waals surface area (Å²) in [4.78, 5) is 26.7. The Kier molecular flexibility index (Phi) is 6.71. The summed E-state index contributed by atoms with van der Waals surface area (Å²) in [6, 6.07) is 16.0. The zero-order chi connectivity index (χ0) is 18.2. The quantitative estimate of drug-likeness (QED) is 0.784. The van der Waals surface area contributed by atoms with Gasteiger partial charge in [-0.1, -0.05) is 50.2 Å². The van der Waals surface area contributed by atoms with Crippen LogP contribution < -0.4 is 5.32 Å². The van der Waals surface area contributed by atoms with E-state index in [-0.39, 0.29) is 5.91 Å². The predicted octanol–water partition coefficient (Wildman–Crippen LogP) is 3.49. The first-order valence-corrected chi connectivity index (χ1v) is 8.38. The summed E-state index contributed by atoms with van der Waals surface area (Å²) in [5.74, 6) is -0.559. The maximum atomic E-state index is 13.0. The van der Waals surface area contributed by atoms with Crippen LogP contribution in [0.5, 0.6) is 0 Å². The van der Waals surface area contributed by atoms with Gasteiger partial charge in [-0.05, 0) is 36.9 Å². The number of amides is 1. The number of anilines is 1. The van der Waals surface area contributed by atoms with Crippen LogP contribution in [0.2, 0.25) is 0 Å². The van der Waals surface area contributed by atoms with Gasteiger partial charge in [-0.2, -0.15) is 0 Å². The first kappa shape index (κ1) is 18.7. The van der Waals surface area contributed by atoms with Crippen molar-refractivity contribution in [3.63, 3.8) is 0 Å². The Hall–Kier alpha value is -2.66. The maximum Gasteiger partial charge on any atom is 0.337 e. The minimum absolute atomic E-state index is 0.128. The molecule has 0 saturated heterocycles. The number of likely N-dealkylation sites (N-methyl/N-ethyl adjacent to an activating group) is 1. The molecule has 25 heavy (non-hydrogen) atoms. The molecule has 5 nitrogen and oxygen atoms in total. The Morgan fingerprint density at radius 3 is 2.32 bits per heavy atom. The number of methoxy groups -OCH3 is 1. The number of carbonyl (C=O) groups excluding carboxylic acids is 2. The lowest BCUT2D eigenvalue weighted by Gasteiger charge is -2.29. The van der Waals surface area contributed by atoms with Crippen molar-refractivity contribution in [1.82, 2.24) is 4.90 Å². The molecule has 0 aromatic heterocycles. The van der Waals surface area contributed by atoms with Crippen LogP contribution in [0.15, 0.2) is 54.6 Å². The Morgan fingerprint density at radius 2 is 1.72 bits per heavy atom. The van der Waals surface area contributed by atoms with Gasteiger partial charge in [0.15, 0.2) is 0 Å². The van der Waals surface area contributed by atoms with Crippen LogP contribution in [0.4, 0.5) is 5.69 Å². The summed E-state index contributed by atoms with van der Waals surface area (Å²) >= 11 is 0. The fraction of sp³-hybridized carbons (Fsp3) is 0.300. The van der Waals surface area contributed by atoms with Crippen molar-refractivity contribution in [2.45, 2.75) is 19.9 Å². The average molecular weight is 340 g/mol. The van der Waals surface area contributed by atoms with E-state index in [9.17, 15) is 9.59 Å². The van der Waals surface area contributed by atoms with E-state index in [1.54, 1.807) is 24.3 Å². The molecule has 0 saturated carbocycles. The van der Waals surface area contributed by atoms with Gasteiger partial charge in [-0.3, -0.25) is 9.69 Å². The molecule has 1 unspecified atom stereocenters. The smallest absolute Gasteiger partial charge is 0.337 e. The van der Waals surface area contributed by atoms with Crippen molar-refractivity contribution in [2.75, 3.05) is 25.5 Å². The first-order chi connectivity index (χ1) is 12.1. The van der Waals surface area contributed by atoms with Gasteiger partial charge in [0.25, 0.3) is 0 Å².